The average molecular weight is 351 g/mol. The molecule has 0 radical (unpaired) electrons. The highest BCUT2D eigenvalue weighted by Crippen LogP contribution is 2.39. The molecule has 0 atom stereocenters. The van der Waals surface area contributed by atoms with Crippen LogP contribution >= 0.6 is 15.9 Å². The third kappa shape index (κ3) is 4.39. The molecule has 0 saturated carbocycles. The first kappa shape index (κ1) is 15.7. The van der Waals surface area contributed by atoms with E-state index in [0.717, 1.165) is 22.2 Å². The van der Waals surface area contributed by atoms with Crippen LogP contribution in [0.4, 0.5) is 0 Å². The van der Waals surface area contributed by atoms with Crippen molar-refractivity contribution < 1.29 is 14.2 Å². The molecule has 2 rings (SSSR count). The quantitative estimate of drug-likeness (QED) is 0.715. The van der Waals surface area contributed by atoms with E-state index in [1.807, 2.05) is 42.5 Å². The van der Waals surface area contributed by atoms with Gasteiger partial charge in [-0.05, 0) is 34.0 Å². The van der Waals surface area contributed by atoms with Crippen LogP contribution in [0.25, 0.3) is 0 Å². The van der Waals surface area contributed by atoms with Crippen molar-refractivity contribution in [1.29, 1.82) is 0 Å². The standard InChI is InChI=1S/C17H19BrO3/c1-3-9-20-17-15(18)10-14(11-16(17)19-2)21-12-13-7-5-4-6-8-13/h4-8,10-11H,3,9,12H2,1-2H3. The van der Waals surface area contributed by atoms with Crippen LogP contribution in [0, 0.1) is 0 Å². The van der Waals surface area contributed by atoms with Gasteiger partial charge in [-0.15, -0.1) is 0 Å². The monoisotopic (exact) mass is 350 g/mol. The minimum absolute atomic E-state index is 0.519. The second-order valence-corrected chi connectivity index (χ2v) is 5.41. The Hall–Kier alpha value is -1.68. The molecule has 0 N–H and O–H groups in total. The van der Waals surface area contributed by atoms with Gasteiger partial charge in [-0.1, -0.05) is 37.3 Å². The molecular weight excluding hydrogens is 332 g/mol. The van der Waals surface area contributed by atoms with E-state index in [1.165, 1.54) is 0 Å². The lowest BCUT2D eigenvalue weighted by molar-refractivity contribution is 0.283. The first-order chi connectivity index (χ1) is 10.2. The Kier molecular flexibility index (Phi) is 5.93. The van der Waals surface area contributed by atoms with Crippen LogP contribution in [0.1, 0.15) is 18.9 Å². The fourth-order valence-corrected chi connectivity index (χ4v) is 2.40. The number of benzene rings is 2. The van der Waals surface area contributed by atoms with Gasteiger partial charge in [-0.2, -0.15) is 0 Å². The van der Waals surface area contributed by atoms with Crippen LogP contribution in [-0.2, 0) is 6.61 Å². The van der Waals surface area contributed by atoms with Crippen LogP contribution in [0.2, 0.25) is 0 Å². The van der Waals surface area contributed by atoms with Crippen molar-refractivity contribution in [3.05, 3.63) is 52.5 Å². The number of halogens is 1. The second-order valence-electron chi connectivity index (χ2n) is 4.56. The maximum absolute atomic E-state index is 5.81. The Balaban J connectivity index is 2.12. The maximum atomic E-state index is 5.81. The van der Waals surface area contributed by atoms with Crippen molar-refractivity contribution in [2.75, 3.05) is 13.7 Å². The molecule has 4 heteroatoms. The highest BCUT2D eigenvalue weighted by atomic mass is 79.9. The molecule has 0 amide bonds. The molecule has 2 aromatic carbocycles. The number of rotatable bonds is 7. The molecule has 0 aliphatic carbocycles. The number of ether oxygens (including phenoxy) is 3. The zero-order valence-corrected chi connectivity index (χ0v) is 13.9. The van der Waals surface area contributed by atoms with Crippen molar-refractivity contribution in [3.8, 4) is 17.2 Å². The van der Waals surface area contributed by atoms with Crippen molar-refractivity contribution in [3.63, 3.8) is 0 Å². The molecule has 0 aromatic heterocycles. The lowest BCUT2D eigenvalue weighted by Gasteiger charge is -2.14. The molecule has 0 heterocycles. The summed E-state index contributed by atoms with van der Waals surface area (Å²) in [4.78, 5) is 0. The molecule has 0 aliphatic rings. The Morgan fingerprint density at radius 2 is 1.81 bits per heavy atom. The van der Waals surface area contributed by atoms with Crippen molar-refractivity contribution >= 4 is 15.9 Å². The fourth-order valence-electron chi connectivity index (χ4n) is 1.86. The molecule has 21 heavy (non-hydrogen) atoms. The molecule has 0 spiro atoms. The first-order valence-electron chi connectivity index (χ1n) is 6.91. The lowest BCUT2D eigenvalue weighted by atomic mass is 10.2. The Bertz CT molecular complexity index is 570. The summed E-state index contributed by atoms with van der Waals surface area (Å²) in [7, 11) is 1.63. The summed E-state index contributed by atoms with van der Waals surface area (Å²) >= 11 is 3.51. The summed E-state index contributed by atoms with van der Waals surface area (Å²) in [5.74, 6) is 2.12. The molecule has 2 aromatic rings. The summed E-state index contributed by atoms with van der Waals surface area (Å²) in [5.41, 5.74) is 1.12. The summed E-state index contributed by atoms with van der Waals surface area (Å²) < 4.78 is 17.7. The van der Waals surface area contributed by atoms with Crippen molar-refractivity contribution in [2.24, 2.45) is 0 Å². The first-order valence-corrected chi connectivity index (χ1v) is 7.71. The second kappa shape index (κ2) is 7.93. The van der Waals surface area contributed by atoms with E-state index in [-0.39, 0.29) is 0 Å². The number of methoxy groups -OCH3 is 1. The molecule has 0 fully saturated rings. The van der Waals surface area contributed by atoms with Gasteiger partial charge in [0.05, 0.1) is 18.2 Å². The zero-order chi connectivity index (χ0) is 15.1. The topological polar surface area (TPSA) is 27.7 Å². The zero-order valence-electron chi connectivity index (χ0n) is 12.3. The number of hydrogen-bond donors (Lipinski definition) is 0. The van der Waals surface area contributed by atoms with Gasteiger partial charge in [0.1, 0.15) is 12.4 Å². The predicted molar refractivity (Wildman–Crippen MR) is 87.3 cm³/mol. The minimum Gasteiger partial charge on any atom is -0.493 e. The Labute approximate surface area is 134 Å². The Morgan fingerprint density at radius 3 is 2.48 bits per heavy atom. The normalized spacial score (nSPS) is 10.2. The third-order valence-corrected chi connectivity index (χ3v) is 3.49. The average Bonchev–Trinajstić information content (AvgIpc) is 2.52. The highest BCUT2D eigenvalue weighted by Gasteiger charge is 2.12. The summed E-state index contributed by atoms with van der Waals surface area (Å²) in [6.45, 7) is 3.24. The third-order valence-electron chi connectivity index (χ3n) is 2.90. The molecule has 0 unspecified atom stereocenters. The smallest absolute Gasteiger partial charge is 0.175 e. The van der Waals surface area contributed by atoms with Crippen LogP contribution in [0.15, 0.2) is 46.9 Å². The molecule has 112 valence electrons. The van der Waals surface area contributed by atoms with E-state index in [9.17, 15) is 0 Å². The van der Waals surface area contributed by atoms with Gasteiger partial charge in [0, 0.05) is 6.07 Å². The fraction of sp³-hybridized carbons (Fsp3) is 0.294. The SMILES string of the molecule is CCCOc1c(Br)cc(OCc2ccccc2)cc1OC. The van der Waals surface area contributed by atoms with Crippen LogP contribution < -0.4 is 14.2 Å². The van der Waals surface area contributed by atoms with Crippen molar-refractivity contribution in [1.82, 2.24) is 0 Å². The molecule has 0 bridgehead atoms. The summed E-state index contributed by atoms with van der Waals surface area (Å²) in [5, 5.41) is 0. The van der Waals surface area contributed by atoms with E-state index in [1.54, 1.807) is 7.11 Å². The van der Waals surface area contributed by atoms with Crippen LogP contribution in [0.3, 0.4) is 0 Å². The predicted octanol–water partition coefficient (Wildman–Crippen LogP) is 4.83. The highest BCUT2D eigenvalue weighted by molar-refractivity contribution is 9.10. The Morgan fingerprint density at radius 1 is 1.05 bits per heavy atom. The van der Waals surface area contributed by atoms with Gasteiger partial charge in [0.15, 0.2) is 11.5 Å². The largest absolute Gasteiger partial charge is 0.493 e. The van der Waals surface area contributed by atoms with Crippen LogP contribution in [0.5, 0.6) is 17.2 Å². The summed E-state index contributed by atoms with van der Waals surface area (Å²) in [6, 6.07) is 13.8. The van der Waals surface area contributed by atoms with Gasteiger partial charge >= 0.3 is 0 Å². The maximum Gasteiger partial charge on any atom is 0.175 e. The van der Waals surface area contributed by atoms with Gasteiger partial charge in [0.2, 0.25) is 0 Å². The summed E-state index contributed by atoms with van der Waals surface area (Å²) in [6.07, 6.45) is 0.946. The van der Waals surface area contributed by atoms with E-state index in [0.29, 0.717) is 24.7 Å². The molecule has 0 saturated heterocycles. The number of hydrogen-bond acceptors (Lipinski definition) is 3. The molecule has 3 nitrogen and oxygen atoms in total. The van der Waals surface area contributed by atoms with Gasteiger partial charge in [0.25, 0.3) is 0 Å². The van der Waals surface area contributed by atoms with Crippen molar-refractivity contribution in [2.45, 2.75) is 20.0 Å². The molecule has 0 aliphatic heterocycles. The van der Waals surface area contributed by atoms with E-state index in [2.05, 4.69) is 22.9 Å². The van der Waals surface area contributed by atoms with E-state index in [4.69, 9.17) is 14.2 Å². The lowest BCUT2D eigenvalue weighted by Crippen LogP contribution is -2.00. The van der Waals surface area contributed by atoms with E-state index < -0.39 is 0 Å². The van der Waals surface area contributed by atoms with Gasteiger partial charge in [-0.25, -0.2) is 0 Å². The van der Waals surface area contributed by atoms with Crippen LogP contribution in [-0.4, -0.2) is 13.7 Å². The van der Waals surface area contributed by atoms with Gasteiger partial charge < -0.3 is 14.2 Å². The minimum atomic E-state index is 0.519. The molecular formula is C17H19BrO3. The van der Waals surface area contributed by atoms with Gasteiger partial charge in [-0.3, -0.25) is 0 Å². The van der Waals surface area contributed by atoms with E-state index >= 15 is 0 Å².